The van der Waals surface area contributed by atoms with Gasteiger partial charge in [0.05, 0.1) is 0 Å². The Morgan fingerprint density at radius 3 is 1.70 bits per heavy atom. The smallest absolute Gasteiger partial charge is 0.340 e. The Kier molecular flexibility index (Phi) is 7.45. The number of benzene rings is 2. The lowest BCUT2D eigenvalue weighted by Crippen LogP contribution is -2.30. The van der Waals surface area contributed by atoms with Crippen molar-refractivity contribution in [3.63, 3.8) is 0 Å². The number of hydroxylamine groups is 4. The maximum absolute atomic E-state index is 12.1. The number of hydrogen-bond acceptors (Lipinski definition) is 5. The van der Waals surface area contributed by atoms with Gasteiger partial charge in [-0.25, -0.2) is 9.86 Å². The summed E-state index contributed by atoms with van der Waals surface area (Å²) in [6.45, 7) is 3.75. The molecule has 2 aromatic rings. The third-order valence-electron chi connectivity index (χ3n) is 3.46. The van der Waals surface area contributed by atoms with Crippen LogP contribution in [-0.4, -0.2) is 40.2 Å². The SMILES string of the molecule is C=C(CC(=O)ON(C)C(=S)c1ccccc1)ON(C)C(=S)c1ccccc1. The number of thiocarbonyl (C=S) groups is 2. The van der Waals surface area contributed by atoms with Crippen molar-refractivity contribution in [3.05, 3.63) is 84.1 Å². The highest BCUT2D eigenvalue weighted by Gasteiger charge is 2.16. The van der Waals surface area contributed by atoms with E-state index in [1.54, 1.807) is 14.1 Å². The molecule has 0 aliphatic carbocycles. The van der Waals surface area contributed by atoms with Gasteiger partial charge < -0.3 is 9.68 Å². The summed E-state index contributed by atoms with van der Waals surface area (Å²) in [5.41, 5.74) is 1.61. The van der Waals surface area contributed by atoms with E-state index in [1.807, 2.05) is 60.7 Å². The fraction of sp³-hybridized carbons (Fsp3) is 0.150. The molecule has 140 valence electrons. The van der Waals surface area contributed by atoms with Crippen molar-refractivity contribution >= 4 is 40.4 Å². The average molecular weight is 401 g/mol. The lowest BCUT2D eigenvalue weighted by atomic mass is 10.2. The van der Waals surface area contributed by atoms with Crippen LogP contribution in [0.3, 0.4) is 0 Å². The molecule has 0 aliphatic heterocycles. The van der Waals surface area contributed by atoms with Crippen LogP contribution in [-0.2, 0) is 14.5 Å². The predicted molar refractivity (Wildman–Crippen MR) is 113 cm³/mol. The van der Waals surface area contributed by atoms with Gasteiger partial charge in [0, 0.05) is 25.2 Å². The summed E-state index contributed by atoms with van der Waals surface area (Å²) >= 11 is 10.7. The van der Waals surface area contributed by atoms with Crippen molar-refractivity contribution in [2.75, 3.05) is 14.1 Å². The normalized spacial score (nSPS) is 9.85. The first-order valence-corrected chi connectivity index (χ1v) is 8.93. The molecule has 2 aromatic carbocycles. The Hall–Kier alpha value is -2.77. The van der Waals surface area contributed by atoms with Gasteiger partial charge in [-0.15, -0.1) is 0 Å². The summed E-state index contributed by atoms with van der Waals surface area (Å²) in [4.78, 5) is 23.7. The zero-order valence-electron chi connectivity index (χ0n) is 15.1. The van der Waals surface area contributed by atoms with Gasteiger partial charge in [0.25, 0.3) is 0 Å². The van der Waals surface area contributed by atoms with Crippen LogP contribution in [0.1, 0.15) is 17.5 Å². The van der Waals surface area contributed by atoms with E-state index in [2.05, 4.69) is 6.58 Å². The van der Waals surface area contributed by atoms with Crippen molar-refractivity contribution in [3.8, 4) is 0 Å². The van der Waals surface area contributed by atoms with Gasteiger partial charge in [0.15, 0.2) is 0 Å². The van der Waals surface area contributed by atoms with Crippen molar-refractivity contribution in [1.82, 2.24) is 10.1 Å². The molecular weight excluding hydrogens is 380 g/mol. The molecule has 0 saturated carbocycles. The second kappa shape index (κ2) is 9.80. The van der Waals surface area contributed by atoms with Crippen molar-refractivity contribution in [1.29, 1.82) is 0 Å². The number of hydrogen-bond donors (Lipinski definition) is 0. The summed E-state index contributed by atoms with van der Waals surface area (Å²) in [7, 11) is 3.23. The van der Waals surface area contributed by atoms with E-state index in [1.165, 1.54) is 10.1 Å². The van der Waals surface area contributed by atoms with E-state index in [9.17, 15) is 4.79 Å². The summed E-state index contributed by atoms with van der Waals surface area (Å²) in [5.74, 6) is -0.334. The van der Waals surface area contributed by atoms with E-state index in [0.29, 0.717) is 9.98 Å². The molecule has 0 heterocycles. The quantitative estimate of drug-likeness (QED) is 0.414. The number of rotatable bonds is 6. The molecular formula is C20H20N2O3S2. The molecule has 5 nitrogen and oxygen atoms in total. The molecule has 0 N–H and O–H groups in total. The lowest BCUT2D eigenvalue weighted by molar-refractivity contribution is -0.169. The van der Waals surface area contributed by atoms with Crippen LogP contribution in [0.5, 0.6) is 0 Å². The number of carbonyl (C=O) groups excluding carboxylic acids is 1. The summed E-state index contributed by atoms with van der Waals surface area (Å²) in [6, 6.07) is 18.7. The van der Waals surface area contributed by atoms with E-state index in [-0.39, 0.29) is 12.2 Å². The standard InChI is InChI=1S/C20H20N2O3S2/c1-15(24-21(2)19(26)16-10-6-4-7-11-16)14-18(23)25-22(3)20(27)17-12-8-5-9-13-17/h4-13H,1,14H2,2-3H3. The Morgan fingerprint density at radius 2 is 1.26 bits per heavy atom. The fourth-order valence-corrected chi connectivity index (χ4v) is 2.53. The van der Waals surface area contributed by atoms with Crippen LogP contribution in [0.4, 0.5) is 0 Å². The molecule has 0 unspecified atom stereocenters. The van der Waals surface area contributed by atoms with Crippen LogP contribution in [0.15, 0.2) is 73.0 Å². The maximum Gasteiger partial charge on any atom is 0.340 e. The summed E-state index contributed by atoms with van der Waals surface area (Å²) < 4.78 is 0. The summed E-state index contributed by atoms with van der Waals surface area (Å²) in [5, 5.41) is 2.64. The molecule has 0 saturated heterocycles. The maximum atomic E-state index is 12.1. The Morgan fingerprint density at radius 1 is 0.852 bits per heavy atom. The predicted octanol–water partition coefficient (Wildman–Crippen LogP) is 3.90. The van der Waals surface area contributed by atoms with E-state index >= 15 is 0 Å². The number of nitrogens with zero attached hydrogens (tertiary/aromatic N) is 2. The van der Waals surface area contributed by atoms with E-state index < -0.39 is 5.97 Å². The number of carbonyl (C=O) groups is 1. The molecule has 0 radical (unpaired) electrons. The third-order valence-corrected chi connectivity index (χ3v) is 4.45. The Bertz CT molecular complexity index is 756. The molecule has 7 heteroatoms. The van der Waals surface area contributed by atoms with Crippen molar-refractivity contribution in [2.45, 2.75) is 6.42 Å². The van der Waals surface area contributed by atoms with Crippen LogP contribution < -0.4 is 0 Å². The lowest BCUT2D eigenvalue weighted by Gasteiger charge is -2.22. The molecule has 0 aromatic heterocycles. The highest BCUT2D eigenvalue weighted by molar-refractivity contribution is 7.80. The third kappa shape index (κ3) is 6.16. The van der Waals surface area contributed by atoms with E-state index in [0.717, 1.165) is 11.1 Å². The molecule has 0 fully saturated rings. The zero-order chi connectivity index (χ0) is 19.8. The van der Waals surface area contributed by atoms with Gasteiger partial charge in [-0.2, -0.15) is 5.06 Å². The highest BCUT2D eigenvalue weighted by Crippen LogP contribution is 2.12. The first-order chi connectivity index (χ1) is 12.9. The molecule has 0 atom stereocenters. The molecule has 0 amide bonds. The molecule has 2 rings (SSSR count). The minimum atomic E-state index is -0.542. The second-order valence-corrected chi connectivity index (χ2v) is 6.38. The largest absolute Gasteiger partial charge is 0.383 e. The monoisotopic (exact) mass is 400 g/mol. The topological polar surface area (TPSA) is 42.0 Å². The first-order valence-electron chi connectivity index (χ1n) is 8.11. The van der Waals surface area contributed by atoms with Crippen molar-refractivity contribution in [2.24, 2.45) is 0 Å². The van der Waals surface area contributed by atoms with Gasteiger partial charge in [-0.1, -0.05) is 91.7 Å². The van der Waals surface area contributed by atoms with Crippen LogP contribution >= 0.6 is 24.4 Å². The fourth-order valence-electron chi connectivity index (χ4n) is 2.18. The van der Waals surface area contributed by atoms with Gasteiger partial charge in [0.2, 0.25) is 0 Å². The van der Waals surface area contributed by atoms with E-state index in [4.69, 9.17) is 34.1 Å². The molecule has 0 bridgehead atoms. The zero-order valence-corrected chi connectivity index (χ0v) is 16.8. The Labute approximate surface area is 169 Å². The van der Waals surface area contributed by atoms with Gasteiger partial charge in [0.1, 0.15) is 22.2 Å². The minimum Gasteiger partial charge on any atom is -0.383 e. The average Bonchev–Trinajstić information content (AvgIpc) is 2.67. The van der Waals surface area contributed by atoms with Crippen LogP contribution in [0, 0.1) is 0 Å². The first kappa shape index (κ1) is 20.5. The van der Waals surface area contributed by atoms with Gasteiger partial charge in [-0.05, 0) is 0 Å². The molecule has 0 spiro atoms. The minimum absolute atomic E-state index is 0.135. The highest BCUT2D eigenvalue weighted by atomic mass is 32.1. The van der Waals surface area contributed by atoms with Crippen molar-refractivity contribution < 1.29 is 14.5 Å². The summed E-state index contributed by atoms with van der Waals surface area (Å²) in [6.07, 6.45) is -0.135. The Balaban J connectivity index is 1.83. The second-order valence-electron chi connectivity index (χ2n) is 5.61. The van der Waals surface area contributed by atoms with Crippen LogP contribution in [0.2, 0.25) is 0 Å². The molecule has 0 aliphatic rings. The van der Waals surface area contributed by atoms with Gasteiger partial charge >= 0.3 is 5.97 Å². The molecule has 27 heavy (non-hydrogen) atoms. The van der Waals surface area contributed by atoms with Crippen LogP contribution in [0.25, 0.3) is 0 Å². The van der Waals surface area contributed by atoms with Gasteiger partial charge in [-0.3, -0.25) is 0 Å².